The van der Waals surface area contributed by atoms with Crippen molar-refractivity contribution in [2.75, 3.05) is 0 Å². The Hall–Kier alpha value is -1.17. The van der Waals surface area contributed by atoms with Gasteiger partial charge in [-0.15, -0.1) is 0 Å². The number of halogens is 4. The van der Waals surface area contributed by atoms with Crippen LogP contribution in [0.4, 0.5) is 13.2 Å². The minimum atomic E-state index is -4.60. The number of carboxylic acids is 1. The Balaban J connectivity index is 3.45. The van der Waals surface area contributed by atoms with Crippen LogP contribution in [0.15, 0.2) is 6.20 Å². The predicted molar refractivity (Wildman–Crippen MR) is 56.1 cm³/mol. The van der Waals surface area contributed by atoms with Crippen molar-refractivity contribution in [2.24, 2.45) is 0 Å². The number of hydrogen-bond acceptors (Lipinski definition) is 1. The van der Waals surface area contributed by atoms with Crippen molar-refractivity contribution in [2.45, 2.75) is 32.5 Å². The molecule has 0 aromatic carbocycles. The fourth-order valence-electron chi connectivity index (χ4n) is 1.46. The van der Waals surface area contributed by atoms with Crippen LogP contribution in [0.5, 0.6) is 0 Å². The van der Waals surface area contributed by atoms with Crippen molar-refractivity contribution in [3.63, 3.8) is 0 Å². The summed E-state index contributed by atoms with van der Waals surface area (Å²) in [4.78, 5) is 11.0. The Morgan fingerprint density at radius 2 is 1.88 bits per heavy atom. The van der Waals surface area contributed by atoms with Crippen LogP contribution >= 0.6 is 11.6 Å². The van der Waals surface area contributed by atoms with E-state index in [1.54, 1.807) is 0 Å². The second-order valence-corrected chi connectivity index (χ2v) is 4.55. The first-order valence-electron chi connectivity index (χ1n) is 4.68. The van der Waals surface area contributed by atoms with Gasteiger partial charge in [-0.2, -0.15) is 13.2 Å². The lowest BCUT2D eigenvalue weighted by Gasteiger charge is -2.23. The Kier molecular flexibility index (Phi) is 3.22. The standard InChI is InChI=1S/C10H11ClF3NO2/c1-5-7(11)6(10(12,13)14)4-15(5)9(2,3)8(16)17/h4H,1-3H3,(H,16,17). The van der Waals surface area contributed by atoms with E-state index >= 15 is 0 Å². The Morgan fingerprint density at radius 1 is 1.41 bits per heavy atom. The van der Waals surface area contributed by atoms with Crippen LogP contribution in [0.25, 0.3) is 0 Å². The number of hydrogen-bond donors (Lipinski definition) is 1. The smallest absolute Gasteiger partial charge is 0.419 e. The monoisotopic (exact) mass is 269 g/mol. The summed E-state index contributed by atoms with van der Waals surface area (Å²) in [6, 6.07) is 0. The van der Waals surface area contributed by atoms with E-state index < -0.39 is 28.3 Å². The first-order chi connectivity index (χ1) is 7.49. The first-order valence-corrected chi connectivity index (χ1v) is 5.06. The van der Waals surface area contributed by atoms with Crippen LogP contribution in [0.2, 0.25) is 5.02 Å². The van der Waals surface area contributed by atoms with E-state index in [-0.39, 0.29) is 5.69 Å². The molecule has 0 aliphatic heterocycles. The van der Waals surface area contributed by atoms with E-state index in [4.69, 9.17) is 16.7 Å². The zero-order valence-corrected chi connectivity index (χ0v) is 10.1. The molecule has 0 spiro atoms. The molecule has 0 saturated heterocycles. The molecule has 0 saturated carbocycles. The lowest BCUT2D eigenvalue weighted by molar-refractivity contribution is -0.146. The number of rotatable bonds is 2. The Morgan fingerprint density at radius 3 is 2.18 bits per heavy atom. The predicted octanol–water partition coefficient (Wildman–Crippen LogP) is 3.29. The summed E-state index contributed by atoms with van der Waals surface area (Å²) in [5.74, 6) is -1.24. The van der Waals surface area contributed by atoms with Gasteiger partial charge >= 0.3 is 12.1 Å². The van der Waals surface area contributed by atoms with Gasteiger partial charge in [0.05, 0.1) is 10.6 Å². The second kappa shape index (κ2) is 3.94. The van der Waals surface area contributed by atoms with E-state index in [0.717, 1.165) is 10.8 Å². The molecule has 0 unspecified atom stereocenters. The highest BCUT2D eigenvalue weighted by Gasteiger charge is 2.39. The fourth-order valence-corrected chi connectivity index (χ4v) is 1.71. The summed E-state index contributed by atoms with van der Waals surface area (Å²) < 4.78 is 38.8. The van der Waals surface area contributed by atoms with Crippen molar-refractivity contribution < 1.29 is 23.1 Å². The van der Waals surface area contributed by atoms with Gasteiger partial charge in [0.25, 0.3) is 0 Å². The van der Waals surface area contributed by atoms with Crippen LogP contribution in [0.3, 0.4) is 0 Å². The van der Waals surface area contributed by atoms with E-state index in [1.807, 2.05) is 0 Å². The molecule has 7 heteroatoms. The maximum absolute atomic E-state index is 12.6. The highest BCUT2D eigenvalue weighted by molar-refractivity contribution is 6.32. The van der Waals surface area contributed by atoms with Crippen molar-refractivity contribution in [1.29, 1.82) is 0 Å². The second-order valence-electron chi connectivity index (χ2n) is 4.17. The van der Waals surface area contributed by atoms with Crippen LogP contribution in [0, 0.1) is 6.92 Å². The summed E-state index contributed by atoms with van der Waals surface area (Å²) in [5.41, 5.74) is -2.44. The zero-order valence-electron chi connectivity index (χ0n) is 9.39. The molecule has 17 heavy (non-hydrogen) atoms. The molecular formula is C10H11ClF3NO2. The van der Waals surface area contributed by atoms with Gasteiger partial charge in [-0.25, -0.2) is 4.79 Å². The van der Waals surface area contributed by atoms with Gasteiger partial charge in [0.2, 0.25) is 0 Å². The lowest BCUT2D eigenvalue weighted by atomic mass is 10.1. The molecule has 1 aromatic heterocycles. The van der Waals surface area contributed by atoms with Gasteiger partial charge in [-0.05, 0) is 20.8 Å². The fraction of sp³-hybridized carbons (Fsp3) is 0.500. The molecule has 0 aliphatic rings. The molecule has 1 N–H and O–H groups in total. The van der Waals surface area contributed by atoms with Gasteiger partial charge in [-0.3, -0.25) is 0 Å². The van der Waals surface area contributed by atoms with Crippen LogP contribution in [-0.4, -0.2) is 15.6 Å². The van der Waals surface area contributed by atoms with Crippen molar-refractivity contribution in [1.82, 2.24) is 4.57 Å². The van der Waals surface area contributed by atoms with E-state index in [1.165, 1.54) is 20.8 Å². The minimum Gasteiger partial charge on any atom is -0.480 e. The molecule has 0 atom stereocenters. The number of aromatic nitrogens is 1. The third-order valence-electron chi connectivity index (χ3n) is 2.60. The average Bonchev–Trinajstić information content (AvgIpc) is 2.43. The molecule has 0 amide bonds. The molecule has 1 aromatic rings. The summed E-state index contributed by atoms with van der Waals surface area (Å²) in [5, 5.41) is 8.51. The van der Waals surface area contributed by atoms with E-state index in [9.17, 15) is 18.0 Å². The van der Waals surface area contributed by atoms with Gasteiger partial charge in [0, 0.05) is 11.9 Å². The Bertz CT molecular complexity index is 463. The molecular weight excluding hydrogens is 259 g/mol. The number of nitrogens with zero attached hydrogens (tertiary/aromatic N) is 1. The van der Waals surface area contributed by atoms with Gasteiger partial charge in [0.1, 0.15) is 5.54 Å². The lowest BCUT2D eigenvalue weighted by Crippen LogP contribution is -2.35. The molecule has 0 radical (unpaired) electrons. The molecule has 0 fully saturated rings. The maximum atomic E-state index is 12.6. The van der Waals surface area contributed by atoms with Crippen molar-refractivity contribution >= 4 is 17.6 Å². The molecule has 1 heterocycles. The largest absolute Gasteiger partial charge is 0.480 e. The maximum Gasteiger partial charge on any atom is 0.419 e. The summed E-state index contributed by atoms with van der Waals surface area (Å²) in [6.45, 7) is 3.96. The summed E-state index contributed by atoms with van der Waals surface area (Å²) >= 11 is 5.58. The van der Waals surface area contributed by atoms with Crippen molar-refractivity contribution in [3.8, 4) is 0 Å². The zero-order chi connectivity index (χ0) is 13.6. The van der Waals surface area contributed by atoms with Crippen molar-refractivity contribution in [3.05, 3.63) is 22.5 Å². The third-order valence-corrected chi connectivity index (χ3v) is 3.08. The number of alkyl halides is 3. The van der Waals surface area contributed by atoms with Crippen LogP contribution in [0.1, 0.15) is 25.1 Å². The molecule has 96 valence electrons. The average molecular weight is 270 g/mol. The minimum absolute atomic E-state index is 0.0754. The molecule has 0 aliphatic carbocycles. The summed E-state index contributed by atoms with van der Waals surface area (Å²) in [7, 11) is 0. The van der Waals surface area contributed by atoms with Crippen LogP contribution in [-0.2, 0) is 16.5 Å². The first kappa shape index (κ1) is 13.9. The van der Waals surface area contributed by atoms with Gasteiger partial charge in [-0.1, -0.05) is 11.6 Å². The highest BCUT2D eigenvalue weighted by Crippen LogP contribution is 2.39. The normalized spacial score (nSPS) is 12.9. The molecule has 0 bridgehead atoms. The van der Waals surface area contributed by atoms with E-state index in [2.05, 4.69) is 0 Å². The summed E-state index contributed by atoms with van der Waals surface area (Å²) in [6.07, 6.45) is -3.87. The highest BCUT2D eigenvalue weighted by atomic mass is 35.5. The Labute approximate surface area is 101 Å². The number of aliphatic carboxylic acids is 1. The number of carboxylic acid groups (broad SMARTS) is 1. The quantitative estimate of drug-likeness (QED) is 0.895. The van der Waals surface area contributed by atoms with Gasteiger partial charge < -0.3 is 9.67 Å². The van der Waals surface area contributed by atoms with E-state index in [0.29, 0.717) is 0 Å². The molecule has 3 nitrogen and oxygen atoms in total. The third kappa shape index (κ3) is 2.26. The topological polar surface area (TPSA) is 42.2 Å². The van der Waals surface area contributed by atoms with Gasteiger partial charge in [0.15, 0.2) is 0 Å². The molecule has 1 rings (SSSR count). The number of carbonyl (C=O) groups is 1. The SMILES string of the molecule is Cc1c(Cl)c(C(F)(F)F)cn1C(C)(C)C(=O)O. The van der Waals surface area contributed by atoms with Crippen LogP contribution < -0.4 is 0 Å².